The largest absolute Gasteiger partial charge is 0.489 e. The second kappa shape index (κ2) is 7.19. The molecule has 0 spiro atoms. The van der Waals surface area contributed by atoms with Gasteiger partial charge in [0.2, 0.25) is 0 Å². The number of ether oxygens (including phenoxy) is 1. The molecule has 0 bridgehead atoms. The van der Waals surface area contributed by atoms with Gasteiger partial charge in [0.05, 0.1) is 6.04 Å². The van der Waals surface area contributed by atoms with E-state index in [0.29, 0.717) is 12.6 Å². The lowest BCUT2D eigenvalue weighted by Crippen LogP contribution is -2.39. The first-order chi connectivity index (χ1) is 12.3. The number of hydrogen-bond acceptors (Lipinski definition) is 3. The van der Waals surface area contributed by atoms with E-state index in [0.717, 1.165) is 18.8 Å². The Labute approximate surface area is 151 Å². The van der Waals surface area contributed by atoms with E-state index in [-0.39, 0.29) is 6.04 Å². The molecule has 3 nitrogen and oxygen atoms in total. The van der Waals surface area contributed by atoms with Gasteiger partial charge in [-0.3, -0.25) is 4.90 Å². The number of nitrogens with one attached hydrogen (secondary N) is 1. The third-order valence-corrected chi connectivity index (χ3v) is 5.69. The fraction of sp³-hybridized carbons (Fsp3) is 0.455. The molecule has 2 aromatic rings. The van der Waals surface area contributed by atoms with Crippen LogP contribution in [0.1, 0.15) is 48.1 Å². The van der Waals surface area contributed by atoms with Gasteiger partial charge in [-0.2, -0.15) is 0 Å². The van der Waals surface area contributed by atoms with Gasteiger partial charge in [-0.05, 0) is 50.0 Å². The Balaban J connectivity index is 1.66. The van der Waals surface area contributed by atoms with Crippen LogP contribution in [-0.4, -0.2) is 30.6 Å². The Hall–Kier alpha value is -1.84. The molecule has 0 aromatic heterocycles. The van der Waals surface area contributed by atoms with E-state index >= 15 is 0 Å². The van der Waals surface area contributed by atoms with Crippen LogP contribution in [0.25, 0.3) is 0 Å². The minimum atomic E-state index is 0.202. The Morgan fingerprint density at radius 2 is 2.04 bits per heavy atom. The molecule has 0 amide bonds. The van der Waals surface area contributed by atoms with Crippen LogP contribution in [0.4, 0.5) is 0 Å². The minimum Gasteiger partial charge on any atom is -0.489 e. The van der Waals surface area contributed by atoms with Crippen LogP contribution in [0.3, 0.4) is 0 Å². The fourth-order valence-corrected chi connectivity index (χ4v) is 4.31. The van der Waals surface area contributed by atoms with Crippen molar-refractivity contribution in [1.29, 1.82) is 0 Å². The monoisotopic (exact) mass is 336 g/mol. The van der Waals surface area contributed by atoms with Crippen molar-refractivity contribution in [3.05, 3.63) is 64.7 Å². The second-order valence-corrected chi connectivity index (χ2v) is 7.29. The molecule has 2 heterocycles. The third kappa shape index (κ3) is 3.31. The summed E-state index contributed by atoms with van der Waals surface area (Å²) in [5.41, 5.74) is 5.19. The molecule has 132 valence electrons. The van der Waals surface area contributed by atoms with E-state index in [4.69, 9.17) is 4.74 Å². The SMILES string of the molecule is CCN1CCCC1CNC1c2ccccc2COc2ccc(C)cc21. The van der Waals surface area contributed by atoms with Gasteiger partial charge in [0.25, 0.3) is 0 Å². The molecule has 1 fully saturated rings. The minimum absolute atomic E-state index is 0.202. The summed E-state index contributed by atoms with van der Waals surface area (Å²) in [7, 11) is 0. The maximum Gasteiger partial charge on any atom is 0.124 e. The Kier molecular flexibility index (Phi) is 4.78. The van der Waals surface area contributed by atoms with Gasteiger partial charge in [-0.25, -0.2) is 0 Å². The van der Waals surface area contributed by atoms with Crippen molar-refractivity contribution in [3.8, 4) is 5.75 Å². The highest BCUT2D eigenvalue weighted by atomic mass is 16.5. The van der Waals surface area contributed by atoms with Crippen molar-refractivity contribution in [1.82, 2.24) is 10.2 Å². The molecule has 25 heavy (non-hydrogen) atoms. The molecule has 2 unspecified atom stereocenters. The predicted octanol–water partition coefficient (Wildman–Crippen LogP) is 4.05. The van der Waals surface area contributed by atoms with E-state index in [1.807, 2.05) is 0 Å². The maximum atomic E-state index is 6.12. The average molecular weight is 336 g/mol. The molecule has 3 heteroatoms. The Bertz CT molecular complexity index is 743. The summed E-state index contributed by atoms with van der Waals surface area (Å²) < 4.78 is 6.12. The van der Waals surface area contributed by atoms with Gasteiger partial charge in [-0.1, -0.05) is 48.9 Å². The van der Waals surface area contributed by atoms with Gasteiger partial charge in [0, 0.05) is 18.2 Å². The van der Waals surface area contributed by atoms with Gasteiger partial charge < -0.3 is 10.1 Å². The molecule has 2 aliphatic heterocycles. The summed E-state index contributed by atoms with van der Waals surface area (Å²) in [5.74, 6) is 1.01. The van der Waals surface area contributed by atoms with Gasteiger partial charge in [-0.15, -0.1) is 0 Å². The van der Waals surface area contributed by atoms with Crippen LogP contribution in [0.15, 0.2) is 42.5 Å². The number of likely N-dealkylation sites (tertiary alicyclic amines) is 1. The number of hydrogen-bond donors (Lipinski definition) is 1. The molecule has 2 aliphatic rings. The van der Waals surface area contributed by atoms with Crippen LogP contribution in [0, 0.1) is 6.92 Å². The molecule has 0 radical (unpaired) electrons. The Morgan fingerprint density at radius 1 is 1.16 bits per heavy atom. The summed E-state index contributed by atoms with van der Waals surface area (Å²) in [6, 6.07) is 16.1. The quantitative estimate of drug-likeness (QED) is 0.911. The standard InChI is InChI=1S/C22H28N2O/c1-3-24-12-6-8-18(24)14-23-22-19-9-5-4-7-17(19)15-25-21-11-10-16(2)13-20(21)22/h4-5,7,9-11,13,18,22-23H,3,6,8,12,14-15H2,1-2H3. The number of aryl methyl sites for hydroxylation is 1. The summed E-state index contributed by atoms with van der Waals surface area (Å²) in [6.45, 7) is 8.49. The van der Waals surface area contributed by atoms with Crippen LogP contribution >= 0.6 is 0 Å². The molecule has 2 aromatic carbocycles. The summed E-state index contributed by atoms with van der Waals surface area (Å²) in [6.07, 6.45) is 2.62. The van der Waals surface area contributed by atoms with Crippen molar-refractivity contribution in [2.24, 2.45) is 0 Å². The zero-order chi connectivity index (χ0) is 17.2. The number of rotatable bonds is 4. The van der Waals surface area contributed by atoms with Crippen molar-refractivity contribution >= 4 is 0 Å². The summed E-state index contributed by atoms with van der Waals surface area (Å²) >= 11 is 0. The van der Waals surface area contributed by atoms with E-state index in [1.165, 1.54) is 41.6 Å². The van der Waals surface area contributed by atoms with Gasteiger partial charge >= 0.3 is 0 Å². The lowest BCUT2D eigenvalue weighted by molar-refractivity contribution is 0.256. The molecular weight excluding hydrogens is 308 g/mol. The lowest BCUT2D eigenvalue weighted by atomic mass is 9.93. The molecule has 0 saturated carbocycles. The molecule has 0 aliphatic carbocycles. The van der Waals surface area contributed by atoms with Crippen LogP contribution < -0.4 is 10.1 Å². The average Bonchev–Trinajstić information content (AvgIpc) is 3.03. The van der Waals surface area contributed by atoms with Gasteiger partial charge in [0.1, 0.15) is 12.4 Å². The summed E-state index contributed by atoms with van der Waals surface area (Å²) in [5, 5.41) is 3.89. The fourth-order valence-electron chi connectivity index (χ4n) is 4.31. The van der Waals surface area contributed by atoms with E-state index in [9.17, 15) is 0 Å². The Morgan fingerprint density at radius 3 is 2.92 bits per heavy atom. The second-order valence-electron chi connectivity index (χ2n) is 7.29. The lowest BCUT2D eigenvalue weighted by Gasteiger charge is -2.27. The molecule has 1 saturated heterocycles. The molecule has 1 N–H and O–H groups in total. The van der Waals surface area contributed by atoms with Crippen molar-refractivity contribution in [3.63, 3.8) is 0 Å². The smallest absolute Gasteiger partial charge is 0.124 e. The number of likely N-dealkylation sites (N-methyl/N-ethyl adjacent to an activating group) is 1. The number of fused-ring (bicyclic) bond motifs is 2. The van der Waals surface area contributed by atoms with Crippen LogP contribution in [0.5, 0.6) is 5.75 Å². The topological polar surface area (TPSA) is 24.5 Å². The zero-order valence-electron chi connectivity index (χ0n) is 15.3. The normalized spacial score (nSPS) is 22.8. The third-order valence-electron chi connectivity index (χ3n) is 5.69. The van der Waals surface area contributed by atoms with E-state index in [1.54, 1.807) is 0 Å². The summed E-state index contributed by atoms with van der Waals surface area (Å²) in [4.78, 5) is 2.60. The first-order valence-corrected chi connectivity index (χ1v) is 9.55. The highest BCUT2D eigenvalue weighted by Crippen LogP contribution is 2.36. The van der Waals surface area contributed by atoms with Crippen molar-refractivity contribution < 1.29 is 4.74 Å². The van der Waals surface area contributed by atoms with E-state index in [2.05, 4.69) is 66.5 Å². The highest BCUT2D eigenvalue weighted by Gasteiger charge is 2.28. The molecule has 2 atom stereocenters. The zero-order valence-corrected chi connectivity index (χ0v) is 15.3. The first kappa shape index (κ1) is 16.6. The maximum absolute atomic E-state index is 6.12. The van der Waals surface area contributed by atoms with Crippen molar-refractivity contribution in [2.75, 3.05) is 19.6 Å². The van der Waals surface area contributed by atoms with E-state index < -0.39 is 0 Å². The van der Waals surface area contributed by atoms with Gasteiger partial charge in [0.15, 0.2) is 0 Å². The van der Waals surface area contributed by atoms with Crippen LogP contribution in [-0.2, 0) is 6.61 Å². The highest BCUT2D eigenvalue weighted by molar-refractivity contribution is 5.47. The molecular formula is C22H28N2O. The number of nitrogens with zero attached hydrogens (tertiary/aromatic N) is 1. The number of benzene rings is 2. The molecule has 4 rings (SSSR count). The van der Waals surface area contributed by atoms with Crippen molar-refractivity contribution in [2.45, 2.75) is 45.4 Å². The predicted molar refractivity (Wildman–Crippen MR) is 102 cm³/mol. The first-order valence-electron chi connectivity index (χ1n) is 9.55. The van der Waals surface area contributed by atoms with Crippen LogP contribution in [0.2, 0.25) is 0 Å².